The first-order chi connectivity index (χ1) is 13.5. The molecule has 0 saturated carbocycles. The van der Waals surface area contributed by atoms with Crippen molar-refractivity contribution in [1.82, 2.24) is 20.4 Å². The lowest BCUT2D eigenvalue weighted by atomic mass is 10.0. The molecular weight excluding hydrogens is 421 g/mol. The topological polar surface area (TPSA) is 87.2 Å². The molecule has 2 N–H and O–H groups in total. The van der Waals surface area contributed by atoms with Gasteiger partial charge in [0.15, 0.2) is 5.01 Å². The molecule has 1 aliphatic rings. The van der Waals surface area contributed by atoms with Gasteiger partial charge in [-0.1, -0.05) is 17.4 Å². The molecule has 13 heteroatoms. The van der Waals surface area contributed by atoms with Crippen LogP contribution in [0.3, 0.4) is 0 Å². The zero-order chi connectivity index (χ0) is 21.4. The summed E-state index contributed by atoms with van der Waals surface area (Å²) >= 11 is 0.736. The molecule has 0 bridgehead atoms. The Morgan fingerprint density at radius 3 is 2.48 bits per heavy atom. The van der Waals surface area contributed by atoms with Crippen molar-refractivity contribution in [1.29, 1.82) is 0 Å². The number of carbonyl (C=O) groups is 2. The van der Waals surface area contributed by atoms with Gasteiger partial charge in [0.1, 0.15) is 11.6 Å². The Morgan fingerprint density at radius 1 is 1.21 bits per heavy atom. The maximum Gasteiger partial charge on any atom is 0.471 e. The van der Waals surface area contributed by atoms with Crippen LogP contribution in [-0.4, -0.2) is 51.8 Å². The van der Waals surface area contributed by atoms with E-state index in [-0.39, 0.29) is 35.2 Å². The second-order valence-corrected chi connectivity index (χ2v) is 7.60. The molecule has 1 unspecified atom stereocenters. The average molecular weight is 435 g/mol. The third kappa shape index (κ3) is 4.60. The summed E-state index contributed by atoms with van der Waals surface area (Å²) in [5.41, 5.74) is -1.62. The van der Waals surface area contributed by atoms with Gasteiger partial charge in [-0.2, -0.15) is 13.2 Å². The number of hydrogen-bond acceptors (Lipinski definition) is 5. The van der Waals surface area contributed by atoms with Gasteiger partial charge in [-0.25, -0.2) is 13.6 Å². The second-order valence-electron chi connectivity index (χ2n) is 6.62. The van der Waals surface area contributed by atoms with E-state index >= 15 is 0 Å². The van der Waals surface area contributed by atoms with Gasteiger partial charge in [-0.3, -0.25) is 10.1 Å². The SMILES string of the molecule is CC1(NC(=O)C(F)(F)F)CCN(C(=O)Nc2nnc(-c3c(F)cccc3F)s2)C1. The Labute approximate surface area is 164 Å². The van der Waals surface area contributed by atoms with Gasteiger partial charge in [0.25, 0.3) is 0 Å². The Kier molecular flexibility index (Phi) is 5.43. The number of carbonyl (C=O) groups excluding carboxylic acids is 2. The first-order valence-corrected chi connectivity index (χ1v) is 9.03. The number of alkyl halides is 3. The van der Waals surface area contributed by atoms with Crippen LogP contribution >= 0.6 is 11.3 Å². The molecule has 3 rings (SSSR count). The van der Waals surface area contributed by atoms with Crippen molar-refractivity contribution in [3.05, 3.63) is 29.8 Å². The highest BCUT2D eigenvalue weighted by Crippen LogP contribution is 2.31. The van der Waals surface area contributed by atoms with E-state index in [0.717, 1.165) is 23.5 Å². The van der Waals surface area contributed by atoms with Crippen LogP contribution in [0.25, 0.3) is 10.6 Å². The molecule has 0 spiro atoms. The number of nitrogens with zero attached hydrogens (tertiary/aromatic N) is 3. The maximum atomic E-state index is 13.8. The predicted octanol–water partition coefficient (Wildman–Crippen LogP) is 3.16. The third-order valence-corrected chi connectivity index (χ3v) is 5.10. The lowest BCUT2D eigenvalue weighted by Gasteiger charge is -2.26. The Morgan fingerprint density at radius 2 is 1.86 bits per heavy atom. The van der Waals surface area contributed by atoms with Crippen molar-refractivity contribution in [3.8, 4) is 10.6 Å². The lowest BCUT2D eigenvalue weighted by Crippen LogP contribution is -2.53. The number of likely N-dealkylation sites (tertiary alicyclic amines) is 1. The van der Waals surface area contributed by atoms with E-state index in [4.69, 9.17) is 0 Å². The summed E-state index contributed by atoms with van der Waals surface area (Å²) in [6, 6.07) is 2.61. The van der Waals surface area contributed by atoms with Crippen LogP contribution in [0.4, 0.5) is 31.9 Å². The third-order valence-electron chi connectivity index (χ3n) is 4.25. The smallest absolute Gasteiger partial charge is 0.341 e. The minimum absolute atomic E-state index is 0.0411. The van der Waals surface area contributed by atoms with Gasteiger partial charge >= 0.3 is 18.1 Å². The van der Waals surface area contributed by atoms with Gasteiger partial charge in [0.05, 0.1) is 11.1 Å². The van der Waals surface area contributed by atoms with Gasteiger partial charge < -0.3 is 10.2 Å². The Bertz CT molecular complexity index is 930. The van der Waals surface area contributed by atoms with Crippen molar-refractivity contribution in [2.24, 2.45) is 0 Å². The van der Waals surface area contributed by atoms with Crippen molar-refractivity contribution in [2.45, 2.75) is 25.1 Å². The van der Waals surface area contributed by atoms with Crippen molar-refractivity contribution >= 4 is 28.4 Å². The number of anilines is 1. The average Bonchev–Trinajstić information content (AvgIpc) is 3.21. The number of aromatic nitrogens is 2. The number of urea groups is 1. The minimum atomic E-state index is -5.02. The summed E-state index contributed by atoms with van der Waals surface area (Å²) in [7, 11) is 0. The van der Waals surface area contributed by atoms with E-state index in [9.17, 15) is 31.5 Å². The molecule has 1 aliphatic heterocycles. The van der Waals surface area contributed by atoms with Gasteiger partial charge in [-0.05, 0) is 25.5 Å². The molecule has 1 fully saturated rings. The molecule has 29 heavy (non-hydrogen) atoms. The van der Waals surface area contributed by atoms with Crippen molar-refractivity contribution < 1.29 is 31.5 Å². The molecular formula is C16H14F5N5O2S. The monoisotopic (exact) mass is 435 g/mol. The first-order valence-electron chi connectivity index (χ1n) is 8.22. The molecule has 1 atom stereocenters. The van der Waals surface area contributed by atoms with Gasteiger partial charge in [0, 0.05) is 13.1 Å². The molecule has 3 amide bonds. The van der Waals surface area contributed by atoms with Crippen LogP contribution in [0.2, 0.25) is 0 Å². The van der Waals surface area contributed by atoms with Gasteiger partial charge in [0.2, 0.25) is 5.13 Å². The molecule has 0 radical (unpaired) electrons. The minimum Gasteiger partial charge on any atom is -0.341 e. The zero-order valence-corrected chi connectivity index (χ0v) is 15.6. The summed E-state index contributed by atoms with van der Waals surface area (Å²) in [4.78, 5) is 24.7. The standard InChI is InChI=1S/C16H14F5N5O2S/c1-15(23-12(27)16(19,20)21)5-6-26(7-15)14(28)22-13-25-24-11(29-13)10-8(17)3-2-4-9(10)18/h2-4H,5-7H2,1H3,(H,23,27)(H,22,25,28). The quantitative estimate of drug-likeness (QED) is 0.726. The molecule has 2 heterocycles. The van der Waals surface area contributed by atoms with Crippen molar-refractivity contribution in [2.75, 3.05) is 18.4 Å². The van der Waals surface area contributed by atoms with Crippen LogP contribution in [0.15, 0.2) is 18.2 Å². The summed E-state index contributed by atoms with van der Waals surface area (Å²) < 4.78 is 65.0. The molecule has 1 saturated heterocycles. The van der Waals surface area contributed by atoms with Crippen LogP contribution in [-0.2, 0) is 4.79 Å². The normalized spacial score (nSPS) is 19.3. The maximum absolute atomic E-state index is 13.8. The summed E-state index contributed by atoms with van der Waals surface area (Å²) in [6.07, 6.45) is -4.91. The molecule has 1 aromatic carbocycles. The number of hydrogen-bond donors (Lipinski definition) is 2. The predicted molar refractivity (Wildman–Crippen MR) is 93.1 cm³/mol. The van der Waals surface area contributed by atoms with E-state index in [1.807, 2.05) is 5.32 Å². The Balaban J connectivity index is 1.65. The highest BCUT2D eigenvalue weighted by atomic mass is 32.1. The summed E-state index contributed by atoms with van der Waals surface area (Å²) in [6.45, 7) is 1.33. The molecule has 156 valence electrons. The van der Waals surface area contributed by atoms with E-state index in [1.165, 1.54) is 17.9 Å². The van der Waals surface area contributed by atoms with E-state index in [1.54, 1.807) is 0 Å². The zero-order valence-electron chi connectivity index (χ0n) is 14.8. The summed E-state index contributed by atoms with van der Waals surface area (Å²) in [5.74, 6) is -3.76. The number of nitrogens with one attached hydrogen (secondary N) is 2. The fourth-order valence-corrected chi connectivity index (χ4v) is 3.61. The molecule has 2 aromatic rings. The van der Waals surface area contributed by atoms with Crippen molar-refractivity contribution in [3.63, 3.8) is 0 Å². The van der Waals surface area contributed by atoms with Crippen LogP contribution < -0.4 is 10.6 Å². The number of benzene rings is 1. The second kappa shape index (κ2) is 7.54. The Hall–Kier alpha value is -2.83. The molecule has 0 aliphatic carbocycles. The summed E-state index contributed by atoms with van der Waals surface area (Å²) in [5, 5.41) is 11.5. The van der Waals surface area contributed by atoms with E-state index in [0.29, 0.717) is 0 Å². The van der Waals surface area contributed by atoms with E-state index < -0.39 is 35.3 Å². The first kappa shape index (κ1) is 20.9. The highest BCUT2D eigenvalue weighted by molar-refractivity contribution is 7.18. The fourth-order valence-electron chi connectivity index (χ4n) is 2.83. The van der Waals surface area contributed by atoms with Crippen LogP contribution in [0.1, 0.15) is 13.3 Å². The van der Waals surface area contributed by atoms with E-state index in [2.05, 4.69) is 15.5 Å². The van der Waals surface area contributed by atoms with Crippen LogP contribution in [0.5, 0.6) is 0 Å². The largest absolute Gasteiger partial charge is 0.471 e. The number of halogens is 5. The number of rotatable bonds is 3. The highest BCUT2D eigenvalue weighted by Gasteiger charge is 2.45. The van der Waals surface area contributed by atoms with Gasteiger partial charge in [-0.15, -0.1) is 10.2 Å². The molecule has 1 aromatic heterocycles. The lowest BCUT2D eigenvalue weighted by molar-refractivity contribution is -0.175. The van der Waals surface area contributed by atoms with Crippen LogP contribution in [0, 0.1) is 11.6 Å². The fraction of sp³-hybridized carbons (Fsp3) is 0.375. The molecule has 7 nitrogen and oxygen atoms in total. The number of amides is 3.